The van der Waals surface area contributed by atoms with Crippen LogP contribution in [0.15, 0.2) is 0 Å². The van der Waals surface area contributed by atoms with Gasteiger partial charge in [0.2, 0.25) is 0 Å². The van der Waals surface area contributed by atoms with E-state index in [0.717, 1.165) is 25.9 Å². The predicted molar refractivity (Wildman–Crippen MR) is 43.2 cm³/mol. The Balaban J connectivity index is 1.84. The van der Waals surface area contributed by atoms with E-state index in [1.807, 2.05) is 0 Å². The lowest BCUT2D eigenvalue weighted by molar-refractivity contribution is 0.00945. The van der Waals surface area contributed by atoms with E-state index >= 15 is 0 Å². The fraction of sp³-hybridized carbons (Fsp3) is 1.00. The van der Waals surface area contributed by atoms with Gasteiger partial charge in [-0.2, -0.15) is 0 Å². The first kappa shape index (κ1) is 7.53. The highest BCUT2D eigenvalue weighted by Crippen LogP contribution is 2.51. The number of alkyl halides is 1. The standard InChI is InChI=1S/C9H16FN/c10-7-8-5-9(6-8)1-3-11-4-2-9/h8,11H,1-7H2. The van der Waals surface area contributed by atoms with Crippen LogP contribution in [0.1, 0.15) is 25.7 Å². The number of hydrogen-bond acceptors (Lipinski definition) is 1. The average Bonchev–Trinajstić information content (AvgIpc) is 2.01. The van der Waals surface area contributed by atoms with E-state index in [-0.39, 0.29) is 6.67 Å². The van der Waals surface area contributed by atoms with Gasteiger partial charge in [-0.1, -0.05) is 0 Å². The maximum atomic E-state index is 12.2. The Morgan fingerprint density at radius 1 is 1.27 bits per heavy atom. The molecule has 2 aliphatic rings. The second-order valence-corrected chi connectivity index (χ2v) is 4.18. The molecular weight excluding hydrogens is 141 g/mol. The molecule has 1 saturated heterocycles. The number of halogens is 1. The lowest BCUT2D eigenvalue weighted by atomic mass is 9.58. The lowest BCUT2D eigenvalue weighted by Gasteiger charge is -2.49. The Morgan fingerprint density at radius 3 is 2.45 bits per heavy atom. The highest BCUT2D eigenvalue weighted by atomic mass is 19.1. The molecule has 0 unspecified atom stereocenters. The molecule has 2 heteroatoms. The van der Waals surface area contributed by atoms with Gasteiger partial charge in [0, 0.05) is 0 Å². The summed E-state index contributed by atoms with van der Waals surface area (Å²) >= 11 is 0. The predicted octanol–water partition coefficient (Wildman–Crippen LogP) is 1.74. The summed E-state index contributed by atoms with van der Waals surface area (Å²) in [7, 11) is 0. The molecule has 2 rings (SSSR count). The number of piperidine rings is 1. The van der Waals surface area contributed by atoms with Crippen molar-refractivity contribution in [3.8, 4) is 0 Å². The second kappa shape index (κ2) is 2.74. The molecule has 2 fully saturated rings. The summed E-state index contributed by atoms with van der Waals surface area (Å²) in [5.41, 5.74) is 0.571. The van der Waals surface area contributed by atoms with Crippen LogP contribution in [0.25, 0.3) is 0 Å². The molecule has 0 aromatic rings. The molecule has 0 amide bonds. The number of hydrogen-bond donors (Lipinski definition) is 1. The van der Waals surface area contributed by atoms with Crippen LogP contribution in [0.5, 0.6) is 0 Å². The highest BCUT2D eigenvalue weighted by Gasteiger charge is 2.44. The van der Waals surface area contributed by atoms with Crippen LogP contribution in [-0.4, -0.2) is 19.8 Å². The first-order valence-corrected chi connectivity index (χ1v) is 4.61. The van der Waals surface area contributed by atoms with Gasteiger partial charge in [-0.3, -0.25) is 4.39 Å². The SMILES string of the molecule is FCC1CC2(CCNCC2)C1. The molecule has 1 spiro atoms. The minimum absolute atomic E-state index is 0.0881. The monoisotopic (exact) mass is 157 g/mol. The Hall–Kier alpha value is -0.110. The summed E-state index contributed by atoms with van der Waals surface area (Å²) in [6.45, 7) is 2.22. The van der Waals surface area contributed by atoms with Gasteiger partial charge in [0.1, 0.15) is 0 Å². The molecule has 1 heterocycles. The van der Waals surface area contributed by atoms with Crippen LogP contribution < -0.4 is 5.32 Å². The third-order valence-corrected chi connectivity index (χ3v) is 3.33. The van der Waals surface area contributed by atoms with Crippen LogP contribution >= 0.6 is 0 Å². The van der Waals surface area contributed by atoms with Crippen LogP contribution in [0, 0.1) is 11.3 Å². The van der Waals surface area contributed by atoms with Crippen LogP contribution in [0.4, 0.5) is 4.39 Å². The average molecular weight is 157 g/mol. The van der Waals surface area contributed by atoms with Crippen LogP contribution in [-0.2, 0) is 0 Å². The largest absolute Gasteiger partial charge is 0.317 e. The molecule has 0 radical (unpaired) electrons. The summed E-state index contributed by atoms with van der Waals surface area (Å²) < 4.78 is 12.2. The minimum atomic E-state index is -0.0881. The van der Waals surface area contributed by atoms with Gasteiger partial charge in [0.25, 0.3) is 0 Å². The van der Waals surface area contributed by atoms with Gasteiger partial charge < -0.3 is 5.32 Å². The second-order valence-electron chi connectivity index (χ2n) is 4.18. The fourth-order valence-corrected chi connectivity index (χ4v) is 2.64. The normalized spacial score (nSPS) is 30.3. The molecule has 1 aliphatic heterocycles. The van der Waals surface area contributed by atoms with Crippen molar-refractivity contribution in [1.29, 1.82) is 0 Å². The van der Waals surface area contributed by atoms with Crippen molar-refractivity contribution in [1.82, 2.24) is 5.32 Å². The third kappa shape index (κ3) is 1.28. The zero-order valence-electron chi connectivity index (χ0n) is 6.91. The molecule has 1 N–H and O–H groups in total. The molecule has 0 bridgehead atoms. The van der Waals surface area contributed by atoms with Crippen molar-refractivity contribution in [2.24, 2.45) is 11.3 Å². The number of rotatable bonds is 1. The first-order chi connectivity index (χ1) is 5.35. The third-order valence-electron chi connectivity index (χ3n) is 3.33. The molecular formula is C9H16FN. The summed E-state index contributed by atoms with van der Waals surface area (Å²) in [5, 5.41) is 3.35. The minimum Gasteiger partial charge on any atom is -0.317 e. The summed E-state index contributed by atoms with van der Waals surface area (Å²) in [4.78, 5) is 0. The Labute approximate surface area is 67.4 Å². The van der Waals surface area contributed by atoms with E-state index in [4.69, 9.17) is 0 Å². The number of nitrogens with one attached hydrogen (secondary N) is 1. The van der Waals surface area contributed by atoms with E-state index < -0.39 is 0 Å². The van der Waals surface area contributed by atoms with Crippen LogP contribution in [0.3, 0.4) is 0 Å². The molecule has 0 aromatic heterocycles. The quantitative estimate of drug-likeness (QED) is 0.611. The fourth-order valence-electron chi connectivity index (χ4n) is 2.64. The van der Waals surface area contributed by atoms with Crippen molar-refractivity contribution in [2.75, 3.05) is 19.8 Å². The molecule has 11 heavy (non-hydrogen) atoms. The molecule has 1 saturated carbocycles. The summed E-state index contributed by atoms with van der Waals surface area (Å²) in [5.74, 6) is 0.410. The maximum absolute atomic E-state index is 12.2. The van der Waals surface area contributed by atoms with E-state index in [1.54, 1.807) is 0 Å². The topological polar surface area (TPSA) is 12.0 Å². The zero-order chi connectivity index (χ0) is 7.73. The van der Waals surface area contributed by atoms with Gasteiger partial charge >= 0.3 is 0 Å². The Bertz CT molecular complexity index is 132. The van der Waals surface area contributed by atoms with Crippen molar-refractivity contribution in [3.05, 3.63) is 0 Å². The van der Waals surface area contributed by atoms with E-state index in [0.29, 0.717) is 11.3 Å². The van der Waals surface area contributed by atoms with E-state index in [9.17, 15) is 4.39 Å². The lowest BCUT2D eigenvalue weighted by Crippen LogP contribution is -2.45. The van der Waals surface area contributed by atoms with Gasteiger partial charge in [0.15, 0.2) is 0 Å². The molecule has 0 aromatic carbocycles. The molecule has 64 valence electrons. The first-order valence-electron chi connectivity index (χ1n) is 4.61. The van der Waals surface area contributed by atoms with Crippen molar-refractivity contribution < 1.29 is 4.39 Å². The molecule has 1 nitrogen and oxygen atoms in total. The van der Waals surface area contributed by atoms with Crippen molar-refractivity contribution in [2.45, 2.75) is 25.7 Å². The summed E-state index contributed by atoms with van der Waals surface area (Å²) in [6, 6.07) is 0. The van der Waals surface area contributed by atoms with Gasteiger partial charge in [0.05, 0.1) is 6.67 Å². The smallest absolute Gasteiger partial charge is 0.0923 e. The van der Waals surface area contributed by atoms with Crippen molar-refractivity contribution >= 4 is 0 Å². The highest BCUT2D eigenvalue weighted by molar-refractivity contribution is 4.95. The van der Waals surface area contributed by atoms with Gasteiger partial charge in [-0.25, -0.2) is 0 Å². The zero-order valence-corrected chi connectivity index (χ0v) is 6.91. The molecule has 1 aliphatic carbocycles. The van der Waals surface area contributed by atoms with Gasteiger partial charge in [-0.15, -0.1) is 0 Å². The van der Waals surface area contributed by atoms with Gasteiger partial charge in [-0.05, 0) is 50.1 Å². The molecule has 0 atom stereocenters. The maximum Gasteiger partial charge on any atom is 0.0923 e. The summed E-state index contributed by atoms with van der Waals surface area (Å²) in [6.07, 6.45) is 4.88. The van der Waals surface area contributed by atoms with E-state index in [2.05, 4.69) is 5.32 Å². The van der Waals surface area contributed by atoms with E-state index in [1.165, 1.54) is 12.8 Å². The van der Waals surface area contributed by atoms with Crippen molar-refractivity contribution in [3.63, 3.8) is 0 Å². The Kier molecular flexibility index (Phi) is 1.88. The van der Waals surface area contributed by atoms with Crippen LogP contribution in [0.2, 0.25) is 0 Å². The Morgan fingerprint density at radius 2 is 1.91 bits per heavy atom.